The Hall–Kier alpha value is -1.33. The lowest BCUT2D eigenvalue weighted by Gasteiger charge is -2.34. The van der Waals surface area contributed by atoms with Crippen molar-refractivity contribution in [1.82, 2.24) is 14.8 Å². The van der Waals surface area contributed by atoms with Crippen molar-refractivity contribution < 1.29 is 4.79 Å². The van der Waals surface area contributed by atoms with Gasteiger partial charge in [-0.25, -0.2) is 4.98 Å². The van der Waals surface area contributed by atoms with E-state index >= 15 is 0 Å². The lowest BCUT2D eigenvalue weighted by Crippen LogP contribution is -2.49. The van der Waals surface area contributed by atoms with Crippen molar-refractivity contribution in [2.24, 2.45) is 5.92 Å². The molecule has 1 saturated heterocycles. The first-order chi connectivity index (χ1) is 9.63. The zero-order valence-corrected chi connectivity index (χ0v) is 12.1. The summed E-state index contributed by atoms with van der Waals surface area (Å²) < 4.78 is 0. The molecule has 1 saturated carbocycles. The van der Waals surface area contributed by atoms with Gasteiger partial charge in [0.25, 0.3) is 5.91 Å². The number of nitrogens with zero attached hydrogens (tertiary/aromatic N) is 3. The molecule has 20 heavy (non-hydrogen) atoms. The van der Waals surface area contributed by atoms with Crippen LogP contribution in [0.2, 0.25) is 5.15 Å². The standard InChI is InChI=1S/C14H19ClN4O/c15-13-12(7-11(16)8-17-13)14(20)19-5-3-18(4-6-19)9-10-1-2-10/h7-8,10H,1-6,9,16H2. The van der Waals surface area contributed by atoms with Gasteiger partial charge in [-0.1, -0.05) is 11.6 Å². The van der Waals surface area contributed by atoms with Crippen LogP contribution in [0.15, 0.2) is 12.3 Å². The molecule has 2 heterocycles. The van der Waals surface area contributed by atoms with E-state index in [1.54, 1.807) is 6.07 Å². The number of carbonyl (C=O) groups excluding carboxylic acids is 1. The minimum atomic E-state index is -0.0686. The summed E-state index contributed by atoms with van der Waals surface area (Å²) in [4.78, 5) is 20.7. The topological polar surface area (TPSA) is 62.5 Å². The minimum absolute atomic E-state index is 0.0686. The van der Waals surface area contributed by atoms with Crippen molar-refractivity contribution in [3.63, 3.8) is 0 Å². The number of halogens is 1. The van der Waals surface area contributed by atoms with Crippen LogP contribution in [-0.2, 0) is 0 Å². The fourth-order valence-electron chi connectivity index (χ4n) is 2.58. The Labute approximate surface area is 123 Å². The molecule has 2 fully saturated rings. The summed E-state index contributed by atoms with van der Waals surface area (Å²) in [6, 6.07) is 1.61. The third-order valence-electron chi connectivity index (χ3n) is 3.96. The van der Waals surface area contributed by atoms with E-state index in [9.17, 15) is 4.79 Å². The highest BCUT2D eigenvalue weighted by Crippen LogP contribution is 2.30. The van der Waals surface area contributed by atoms with Gasteiger partial charge in [-0.2, -0.15) is 0 Å². The van der Waals surface area contributed by atoms with Gasteiger partial charge in [-0.15, -0.1) is 0 Å². The maximum atomic E-state index is 12.4. The molecule has 0 radical (unpaired) electrons. The molecule has 1 aromatic rings. The monoisotopic (exact) mass is 294 g/mol. The zero-order valence-electron chi connectivity index (χ0n) is 11.4. The van der Waals surface area contributed by atoms with Crippen LogP contribution < -0.4 is 5.73 Å². The van der Waals surface area contributed by atoms with Crippen LogP contribution in [0.5, 0.6) is 0 Å². The smallest absolute Gasteiger partial charge is 0.257 e. The molecule has 6 heteroatoms. The SMILES string of the molecule is Nc1cnc(Cl)c(C(=O)N2CCN(CC3CC3)CC2)c1. The van der Waals surface area contributed by atoms with Crippen molar-refractivity contribution in [2.75, 3.05) is 38.5 Å². The summed E-state index contributed by atoms with van der Waals surface area (Å²) in [5.41, 5.74) is 6.55. The molecule has 1 aliphatic heterocycles. The highest BCUT2D eigenvalue weighted by Gasteiger charge is 2.28. The first-order valence-corrected chi connectivity index (χ1v) is 7.44. The third kappa shape index (κ3) is 3.04. The van der Waals surface area contributed by atoms with Gasteiger partial charge in [0.05, 0.1) is 17.4 Å². The van der Waals surface area contributed by atoms with E-state index in [0.29, 0.717) is 11.3 Å². The number of pyridine rings is 1. The van der Waals surface area contributed by atoms with E-state index in [1.807, 2.05) is 4.90 Å². The number of aromatic nitrogens is 1. The first kappa shape index (κ1) is 13.6. The number of nitrogens with two attached hydrogens (primary N) is 1. The van der Waals surface area contributed by atoms with Gasteiger partial charge in [-0.3, -0.25) is 9.69 Å². The predicted octanol–water partition coefficient (Wildman–Crippen LogP) is 1.48. The summed E-state index contributed by atoms with van der Waals surface area (Å²) >= 11 is 5.99. The normalized spacial score (nSPS) is 20.1. The minimum Gasteiger partial charge on any atom is -0.397 e. The van der Waals surface area contributed by atoms with Crippen LogP contribution in [-0.4, -0.2) is 53.4 Å². The van der Waals surface area contributed by atoms with Gasteiger partial charge >= 0.3 is 0 Å². The van der Waals surface area contributed by atoms with Gasteiger partial charge < -0.3 is 10.6 Å². The van der Waals surface area contributed by atoms with Crippen LogP contribution in [0.3, 0.4) is 0 Å². The molecule has 0 atom stereocenters. The Bertz CT molecular complexity index is 510. The number of piperazine rings is 1. The molecular weight excluding hydrogens is 276 g/mol. The summed E-state index contributed by atoms with van der Waals surface area (Å²) in [5.74, 6) is 0.825. The Morgan fingerprint density at radius 2 is 2.05 bits per heavy atom. The zero-order chi connectivity index (χ0) is 14.1. The molecule has 1 aliphatic carbocycles. The second-order valence-corrected chi connectivity index (χ2v) is 6.00. The predicted molar refractivity (Wildman–Crippen MR) is 78.7 cm³/mol. The molecule has 2 N–H and O–H groups in total. The number of hydrogen-bond donors (Lipinski definition) is 1. The van der Waals surface area contributed by atoms with Gasteiger partial charge in [-0.05, 0) is 24.8 Å². The maximum Gasteiger partial charge on any atom is 0.257 e. The largest absolute Gasteiger partial charge is 0.397 e. The van der Waals surface area contributed by atoms with Gasteiger partial charge in [0.15, 0.2) is 0 Å². The average molecular weight is 295 g/mol. The van der Waals surface area contributed by atoms with Gasteiger partial charge in [0, 0.05) is 32.7 Å². The quantitative estimate of drug-likeness (QED) is 0.858. The number of amides is 1. The van der Waals surface area contributed by atoms with Crippen LogP contribution >= 0.6 is 11.6 Å². The number of nitrogen functional groups attached to an aromatic ring is 1. The second-order valence-electron chi connectivity index (χ2n) is 5.64. The molecule has 1 amide bonds. The van der Waals surface area contributed by atoms with E-state index in [-0.39, 0.29) is 11.1 Å². The third-order valence-corrected chi connectivity index (χ3v) is 4.26. The molecule has 0 unspecified atom stereocenters. The summed E-state index contributed by atoms with van der Waals surface area (Å²) in [6.07, 6.45) is 4.19. The lowest BCUT2D eigenvalue weighted by molar-refractivity contribution is 0.0632. The Morgan fingerprint density at radius 1 is 1.35 bits per heavy atom. The Kier molecular flexibility index (Phi) is 3.81. The van der Waals surface area contributed by atoms with Crippen LogP contribution in [0.4, 0.5) is 5.69 Å². The number of anilines is 1. The molecule has 0 aromatic carbocycles. The molecule has 0 bridgehead atoms. The summed E-state index contributed by atoms with van der Waals surface area (Å²) in [5, 5.41) is 0.226. The number of rotatable bonds is 3. The fourth-order valence-corrected chi connectivity index (χ4v) is 2.77. The Morgan fingerprint density at radius 3 is 2.70 bits per heavy atom. The van der Waals surface area contributed by atoms with Crippen molar-refractivity contribution >= 4 is 23.2 Å². The molecular formula is C14H19ClN4O. The molecule has 108 valence electrons. The number of hydrogen-bond acceptors (Lipinski definition) is 4. The van der Waals surface area contributed by atoms with Crippen molar-refractivity contribution in [1.29, 1.82) is 0 Å². The first-order valence-electron chi connectivity index (χ1n) is 7.06. The number of carbonyl (C=O) groups is 1. The van der Waals surface area contributed by atoms with Crippen molar-refractivity contribution in [3.8, 4) is 0 Å². The second kappa shape index (κ2) is 5.58. The van der Waals surface area contributed by atoms with E-state index in [4.69, 9.17) is 17.3 Å². The highest BCUT2D eigenvalue weighted by atomic mass is 35.5. The maximum absolute atomic E-state index is 12.4. The van der Waals surface area contributed by atoms with E-state index < -0.39 is 0 Å². The van der Waals surface area contributed by atoms with Gasteiger partial charge in [0.1, 0.15) is 5.15 Å². The van der Waals surface area contributed by atoms with Crippen LogP contribution in [0.25, 0.3) is 0 Å². The van der Waals surface area contributed by atoms with E-state index in [1.165, 1.54) is 25.6 Å². The average Bonchev–Trinajstić information content (AvgIpc) is 3.26. The Balaban J connectivity index is 1.61. The van der Waals surface area contributed by atoms with Crippen molar-refractivity contribution in [2.45, 2.75) is 12.8 Å². The summed E-state index contributed by atoms with van der Waals surface area (Å²) in [6.45, 7) is 4.56. The molecule has 1 aromatic heterocycles. The lowest BCUT2D eigenvalue weighted by atomic mass is 10.2. The fraction of sp³-hybridized carbons (Fsp3) is 0.571. The highest BCUT2D eigenvalue weighted by molar-refractivity contribution is 6.32. The van der Waals surface area contributed by atoms with Crippen LogP contribution in [0, 0.1) is 5.92 Å². The summed E-state index contributed by atoms with van der Waals surface area (Å²) in [7, 11) is 0. The van der Waals surface area contributed by atoms with Crippen LogP contribution in [0.1, 0.15) is 23.2 Å². The molecule has 2 aliphatic rings. The van der Waals surface area contributed by atoms with Crippen molar-refractivity contribution in [3.05, 3.63) is 23.0 Å². The molecule has 5 nitrogen and oxygen atoms in total. The molecule has 3 rings (SSSR count). The van der Waals surface area contributed by atoms with Gasteiger partial charge in [0.2, 0.25) is 0 Å². The molecule has 0 spiro atoms. The van der Waals surface area contributed by atoms with E-state index in [0.717, 1.165) is 32.1 Å². The van der Waals surface area contributed by atoms with E-state index in [2.05, 4.69) is 9.88 Å².